The summed E-state index contributed by atoms with van der Waals surface area (Å²) in [4.78, 5) is 8.12. The van der Waals surface area contributed by atoms with Gasteiger partial charge in [0, 0.05) is 43.7 Å². The summed E-state index contributed by atoms with van der Waals surface area (Å²) in [6.07, 6.45) is 0.884. The Morgan fingerprint density at radius 2 is 1.29 bits per heavy atom. The molecular weight excluding hydrogens is 382 g/mol. The SMILES string of the molecule is [N-]=[N+]=N[C@@H]1C[C@H](N(Cc2ccccc2)Cc2ccccc2)CN(Cc2ccccc2)C1. The van der Waals surface area contributed by atoms with E-state index in [9.17, 15) is 0 Å². The van der Waals surface area contributed by atoms with Crippen LogP contribution in [0.3, 0.4) is 0 Å². The van der Waals surface area contributed by atoms with Crippen molar-refractivity contribution >= 4 is 0 Å². The highest BCUT2D eigenvalue weighted by Gasteiger charge is 2.30. The van der Waals surface area contributed by atoms with E-state index in [2.05, 4.69) is 105 Å². The van der Waals surface area contributed by atoms with Crippen LogP contribution in [0.2, 0.25) is 0 Å². The fraction of sp³-hybridized carbons (Fsp3) is 0.308. The molecule has 0 aliphatic carbocycles. The first-order valence-corrected chi connectivity index (χ1v) is 10.9. The van der Waals surface area contributed by atoms with Crippen LogP contribution in [0.1, 0.15) is 23.1 Å². The van der Waals surface area contributed by atoms with Crippen molar-refractivity contribution in [2.45, 2.75) is 38.1 Å². The largest absolute Gasteiger partial charge is 0.297 e. The molecule has 1 aliphatic heterocycles. The van der Waals surface area contributed by atoms with Crippen molar-refractivity contribution < 1.29 is 0 Å². The topological polar surface area (TPSA) is 55.2 Å². The minimum atomic E-state index is -0.0125. The van der Waals surface area contributed by atoms with Crippen molar-refractivity contribution in [1.29, 1.82) is 0 Å². The van der Waals surface area contributed by atoms with Gasteiger partial charge in [0.1, 0.15) is 0 Å². The van der Waals surface area contributed by atoms with E-state index in [0.717, 1.165) is 39.1 Å². The molecule has 2 atom stereocenters. The normalized spacial score (nSPS) is 19.1. The van der Waals surface area contributed by atoms with Gasteiger partial charge in [0.25, 0.3) is 0 Å². The molecule has 3 aromatic rings. The maximum atomic E-state index is 9.12. The summed E-state index contributed by atoms with van der Waals surface area (Å²) in [6, 6.07) is 32.1. The van der Waals surface area contributed by atoms with Gasteiger partial charge in [0.05, 0.1) is 6.04 Å². The van der Waals surface area contributed by atoms with Crippen LogP contribution in [0.4, 0.5) is 0 Å². The van der Waals surface area contributed by atoms with Crippen LogP contribution in [0, 0.1) is 0 Å². The fourth-order valence-electron chi connectivity index (χ4n) is 4.48. The van der Waals surface area contributed by atoms with E-state index in [4.69, 9.17) is 5.53 Å². The smallest absolute Gasteiger partial charge is 0.0516 e. The van der Waals surface area contributed by atoms with E-state index in [1.54, 1.807) is 0 Å². The summed E-state index contributed by atoms with van der Waals surface area (Å²) in [5.74, 6) is 0. The minimum Gasteiger partial charge on any atom is -0.297 e. The van der Waals surface area contributed by atoms with Gasteiger partial charge in [-0.15, -0.1) is 0 Å². The zero-order valence-corrected chi connectivity index (χ0v) is 17.8. The monoisotopic (exact) mass is 411 g/mol. The third-order valence-electron chi connectivity index (χ3n) is 5.92. The molecule has 5 nitrogen and oxygen atoms in total. The third-order valence-corrected chi connectivity index (χ3v) is 5.92. The van der Waals surface area contributed by atoms with Gasteiger partial charge < -0.3 is 0 Å². The van der Waals surface area contributed by atoms with Crippen molar-refractivity contribution in [3.8, 4) is 0 Å². The van der Waals surface area contributed by atoms with Crippen molar-refractivity contribution in [3.05, 3.63) is 118 Å². The molecule has 1 fully saturated rings. The van der Waals surface area contributed by atoms with Gasteiger partial charge in [0.15, 0.2) is 0 Å². The average Bonchev–Trinajstić information content (AvgIpc) is 2.81. The number of hydrogen-bond acceptors (Lipinski definition) is 3. The van der Waals surface area contributed by atoms with Crippen molar-refractivity contribution in [2.24, 2.45) is 5.11 Å². The first kappa shape index (κ1) is 21.1. The van der Waals surface area contributed by atoms with Gasteiger partial charge >= 0.3 is 0 Å². The van der Waals surface area contributed by atoms with Crippen LogP contribution < -0.4 is 0 Å². The van der Waals surface area contributed by atoms with Crippen LogP contribution in [-0.2, 0) is 19.6 Å². The minimum absolute atomic E-state index is 0.0125. The Hall–Kier alpha value is -3.11. The van der Waals surface area contributed by atoms with Crippen LogP contribution >= 0.6 is 0 Å². The molecule has 158 valence electrons. The summed E-state index contributed by atoms with van der Waals surface area (Å²) < 4.78 is 0. The van der Waals surface area contributed by atoms with E-state index in [0.29, 0.717) is 6.04 Å². The quantitative estimate of drug-likeness (QED) is 0.273. The highest BCUT2D eigenvalue weighted by molar-refractivity contribution is 5.18. The van der Waals surface area contributed by atoms with Crippen LogP contribution in [0.5, 0.6) is 0 Å². The highest BCUT2D eigenvalue weighted by Crippen LogP contribution is 2.24. The Bertz CT molecular complexity index is 929. The molecule has 1 saturated heterocycles. The second-order valence-corrected chi connectivity index (χ2v) is 8.30. The van der Waals surface area contributed by atoms with Gasteiger partial charge in [-0.1, -0.05) is 96.1 Å². The number of azide groups is 1. The summed E-state index contributed by atoms with van der Waals surface area (Å²) in [6.45, 7) is 4.40. The number of nitrogens with zero attached hydrogens (tertiary/aromatic N) is 5. The molecule has 0 radical (unpaired) electrons. The molecule has 0 bridgehead atoms. The Balaban J connectivity index is 1.56. The zero-order chi connectivity index (χ0) is 21.3. The molecular formula is C26H29N5. The molecule has 1 aliphatic rings. The Kier molecular flexibility index (Phi) is 7.35. The van der Waals surface area contributed by atoms with E-state index in [1.165, 1.54) is 16.7 Å². The van der Waals surface area contributed by atoms with E-state index in [-0.39, 0.29) is 6.04 Å². The van der Waals surface area contributed by atoms with Crippen LogP contribution in [-0.4, -0.2) is 35.0 Å². The molecule has 4 rings (SSSR count). The van der Waals surface area contributed by atoms with E-state index >= 15 is 0 Å². The Morgan fingerprint density at radius 1 is 0.774 bits per heavy atom. The van der Waals surface area contributed by atoms with Crippen molar-refractivity contribution in [1.82, 2.24) is 9.80 Å². The molecule has 31 heavy (non-hydrogen) atoms. The Labute approximate surface area is 184 Å². The second-order valence-electron chi connectivity index (χ2n) is 8.30. The second kappa shape index (κ2) is 10.8. The lowest BCUT2D eigenvalue weighted by Crippen LogP contribution is -2.51. The van der Waals surface area contributed by atoms with Gasteiger partial charge in [-0.25, -0.2) is 0 Å². The summed E-state index contributed by atoms with van der Waals surface area (Å²) >= 11 is 0. The summed E-state index contributed by atoms with van der Waals surface area (Å²) in [7, 11) is 0. The highest BCUT2D eigenvalue weighted by atomic mass is 15.3. The van der Waals surface area contributed by atoms with Crippen molar-refractivity contribution in [2.75, 3.05) is 13.1 Å². The molecule has 5 heteroatoms. The first-order chi connectivity index (χ1) is 15.3. The third kappa shape index (κ3) is 6.19. The number of piperidine rings is 1. The lowest BCUT2D eigenvalue weighted by Gasteiger charge is -2.42. The fourth-order valence-corrected chi connectivity index (χ4v) is 4.48. The average molecular weight is 412 g/mol. The molecule has 0 unspecified atom stereocenters. The van der Waals surface area contributed by atoms with Gasteiger partial charge in [-0.3, -0.25) is 9.80 Å². The number of rotatable bonds is 8. The molecule has 0 saturated carbocycles. The molecule has 0 amide bonds. The first-order valence-electron chi connectivity index (χ1n) is 10.9. The predicted octanol–water partition coefficient (Wildman–Crippen LogP) is 5.64. The van der Waals surface area contributed by atoms with Gasteiger partial charge in [-0.2, -0.15) is 0 Å². The van der Waals surface area contributed by atoms with Crippen LogP contribution in [0.25, 0.3) is 10.4 Å². The summed E-state index contributed by atoms with van der Waals surface area (Å²) in [5, 5.41) is 4.13. The number of hydrogen-bond donors (Lipinski definition) is 0. The molecule has 0 N–H and O–H groups in total. The van der Waals surface area contributed by atoms with Crippen LogP contribution in [0.15, 0.2) is 96.1 Å². The number of likely N-dealkylation sites (tertiary alicyclic amines) is 1. The van der Waals surface area contributed by atoms with Gasteiger partial charge in [0.2, 0.25) is 0 Å². The maximum absolute atomic E-state index is 9.12. The molecule has 0 aromatic heterocycles. The van der Waals surface area contributed by atoms with Crippen molar-refractivity contribution in [3.63, 3.8) is 0 Å². The summed E-state index contributed by atoms with van der Waals surface area (Å²) in [5.41, 5.74) is 13.0. The number of benzene rings is 3. The Morgan fingerprint density at radius 3 is 1.81 bits per heavy atom. The van der Waals surface area contributed by atoms with E-state index in [1.807, 2.05) is 6.07 Å². The van der Waals surface area contributed by atoms with E-state index < -0.39 is 0 Å². The predicted molar refractivity (Wildman–Crippen MR) is 125 cm³/mol. The lowest BCUT2D eigenvalue weighted by atomic mass is 9.98. The van der Waals surface area contributed by atoms with Gasteiger partial charge in [-0.05, 0) is 28.6 Å². The standard InChI is InChI=1S/C26H29N5/c27-29-28-25-16-26(21-30(20-25)17-22-10-4-1-5-11-22)31(18-23-12-6-2-7-13-23)19-24-14-8-3-9-15-24/h1-15,25-26H,16-21H2/t25-,26+/m1/s1. The molecule has 3 aromatic carbocycles. The molecule has 1 heterocycles. The molecule has 0 spiro atoms. The zero-order valence-electron chi connectivity index (χ0n) is 17.8. The maximum Gasteiger partial charge on any atom is 0.0516 e. The lowest BCUT2D eigenvalue weighted by molar-refractivity contribution is 0.0722.